The van der Waals surface area contributed by atoms with Crippen LogP contribution >= 0.6 is 0 Å². The van der Waals surface area contributed by atoms with Gasteiger partial charge in [0.1, 0.15) is 13.8 Å². The van der Waals surface area contributed by atoms with E-state index in [0.717, 1.165) is 23.8 Å². The smallest absolute Gasteiger partial charge is 0.131 e. The Morgan fingerprint density at radius 3 is 2.27 bits per heavy atom. The summed E-state index contributed by atoms with van der Waals surface area (Å²) in [4.78, 5) is 0. The third-order valence-corrected chi connectivity index (χ3v) is 6.53. The Balaban J connectivity index is 1.82. The molecule has 1 saturated carbocycles. The molecular weight excluding hydrogens is 332 g/mol. The molecule has 2 heteroatoms. The van der Waals surface area contributed by atoms with Crippen LogP contribution < -0.4 is 0 Å². The highest BCUT2D eigenvalue weighted by molar-refractivity contribution is 6.83. The zero-order valence-corrected chi connectivity index (χ0v) is 18.4. The third-order valence-electron chi connectivity index (χ3n) is 5.66. The van der Waals surface area contributed by atoms with E-state index in [4.69, 9.17) is 0 Å². The van der Waals surface area contributed by atoms with Crippen molar-refractivity contribution in [2.45, 2.75) is 90.8 Å². The number of phenolic OH excluding ortho intramolecular Hbond substituents is 1. The number of aromatic hydroxyl groups is 1. The summed E-state index contributed by atoms with van der Waals surface area (Å²) in [7, 11) is -1.42. The van der Waals surface area contributed by atoms with E-state index >= 15 is 0 Å². The van der Waals surface area contributed by atoms with Crippen LogP contribution in [0.15, 0.2) is 18.2 Å². The monoisotopic (exact) mass is 370 g/mol. The number of unbranched alkanes of at least 4 members (excludes halogenated alkanes) is 2. The van der Waals surface area contributed by atoms with E-state index in [1.165, 1.54) is 63.4 Å². The molecule has 0 amide bonds. The molecule has 0 radical (unpaired) electrons. The van der Waals surface area contributed by atoms with Crippen LogP contribution in [0, 0.1) is 23.3 Å². The van der Waals surface area contributed by atoms with Crippen molar-refractivity contribution in [3.05, 3.63) is 29.3 Å². The average molecular weight is 371 g/mol. The molecular formula is C24H38OSi. The maximum absolute atomic E-state index is 10.1. The molecule has 1 aromatic carbocycles. The highest BCUT2D eigenvalue weighted by atomic mass is 28.3. The van der Waals surface area contributed by atoms with Crippen LogP contribution in [0.4, 0.5) is 0 Å². The second kappa shape index (κ2) is 10.2. The van der Waals surface area contributed by atoms with E-state index in [9.17, 15) is 5.11 Å². The lowest BCUT2D eigenvalue weighted by Gasteiger charge is -2.28. The molecule has 0 bridgehead atoms. The maximum atomic E-state index is 10.1. The Kier molecular flexibility index (Phi) is 8.29. The SMILES string of the molecule is CCCCCC1CCC(CCc2ccc(O)c(C#C[Si](C)(C)C)c2)CC1. The second-order valence-corrected chi connectivity index (χ2v) is 14.0. The highest BCUT2D eigenvalue weighted by Crippen LogP contribution is 2.34. The van der Waals surface area contributed by atoms with Crippen molar-refractivity contribution in [3.63, 3.8) is 0 Å². The largest absolute Gasteiger partial charge is 0.507 e. The minimum absolute atomic E-state index is 0.326. The summed E-state index contributed by atoms with van der Waals surface area (Å²) in [5.74, 6) is 5.44. The molecule has 0 saturated heterocycles. The Morgan fingerprint density at radius 1 is 1.00 bits per heavy atom. The molecule has 1 aromatic rings. The van der Waals surface area contributed by atoms with Crippen LogP contribution in [0.2, 0.25) is 19.6 Å². The van der Waals surface area contributed by atoms with Crippen molar-refractivity contribution in [2.75, 3.05) is 0 Å². The molecule has 1 nitrogen and oxygen atoms in total. The normalized spacial score (nSPS) is 20.5. The number of hydrogen-bond donors (Lipinski definition) is 1. The van der Waals surface area contributed by atoms with Gasteiger partial charge in [0.25, 0.3) is 0 Å². The molecule has 0 unspecified atom stereocenters. The van der Waals surface area contributed by atoms with Gasteiger partial charge in [-0.2, -0.15) is 0 Å². The topological polar surface area (TPSA) is 20.2 Å². The summed E-state index contributed by atoms with van der Waals surface area (Å²) in [6, 6.07) is 6.01. The summed E-state index contributed by atoms with van der Waals surface area (Å²) in [5, 5.41) is 10.1. The predicted octanol–water partition coefficient (Wildman–Crippen LogP) is 6.94. The van der Waals surface area contributed by atoms with Crippen molar-refractivity contribution in [1.29, 1.82) is 0 Å². The van der Waals surface area contributed by atoms with E-state index < -0.39 is 8.07 Å². The Morgan fingerprint density at radius 2 is 1.65 bits per heavy atom. The molecule has 2 rings (SSSR count). The Labute approximate surface area is 162 Å². The number of aryl methyl sites for hydroxylation is 1. The van der Waals surface area contributed by atoms with Crippen molar-refractivity contribution < 1.29 is 5.11 Å². The average Bonchev–Trinajstić information content (AvgIpc) is 2.60. The van der Waals surface area contributed by atoms with Gasteiger partial charge in [0, 0.05) is 0 Å². The Bertz CT molecular complexity index is 609. The lowest BCUT2D eigenvalue weighted by Crippen LogP contribution is -2.16. The van der Waals surface area contributed by atoms with E-state index in [2.05, 4.69) is 50.2 Å². The van der Waals surface area contributed by atoms with E-state index in [1.54, 1.807) is 0 Å². The third kappa shape index (κ3) is 7.58. The van der Waals surface area contributed by atoms with E-state index in [1.807, 2.05) is 6.07 Å². The molecule has 0 spiro atoms. The van der Waals surface area contributed by atoms with Gasteiger partial charge in [0.05, 0.1) is 5.56 Å². The molecule has 1 aliphatic carbocycles. The lowest BCUT2D eigenvalue weighted by molar-refractivity contribution is 0.249. The fourth-order valence-electron chi connectivity index (χ4n) is 3.96. The minimum Gasteiger partial charge on any atom is -0.507 e. The second-order valence-electron chi connectivity index (χ2n) is 9.27. The summed E-state index contributed by atoms with van der Waals surface area (Å²) >= 11 is 0. The van der Waals surface area contributed by atoms with Gasteiger partial charge in [-0.25, -0.2) is 0 Å². The molecule has 0 aliphatic heterocycles. The number of phenols is 1. The van der Waals surface area contributed by atoms with Gasteiger partial charge in [-0.1, -0.05) is 89.9 Å². The van der Waals surface area contributed by atoms with Gasteiger partial charge >= 0.3 is 0 Å². The summed E-state index contributed by atoms with van der Waals surface area (Å²) in [5.41, 5.74) is 5.50. The van der Waals surface area contributed by atoms with Gasteiger partial charge in [0.15, 0.2) is 0 Å². The molecule has 0 heterocycles. The zero-order chi connectivity index (χ0) is 19.0. The van der Waals surface area contributed by atoms with Crippen LogP contribution in [0.3, 0.4) is 0 Å². The molecule has 0 aromatic heterocycles. The first-order valence-electron chi connectivity index (χ1n) is 10.7. The minimum atomic E-state index is -1.42. The fraction of sp³-hybridized carbons (Fsp3) is 0.667. The standard InChI is InChI=1S/C24H38OSi/c1-5-6-7-8-20-9-11-21(12-10-20)13-14-22-15-16-24(25)23(19-22)17-18-26(2,3)4/h15-16,19-21,25H,5-14H2,1-4H3. The Hall–Kier alpha value is -1.20. The van der Waals surface area contributed by atoms with Gasteiger partial charge in [-0.05, 0) is 42.4 Å². The van der Waals surface area contributed by atoms with Crippen molar-refractivity contribution in [1.82, 2.24) is 0 Å². The molecule has 1 N–H and O–H groups in total. The quantitative estimate of drug-likeness (QED) is 0.313. The molecule has 26 heavy (non-hydrogen) atoms. The zero-order valence-electron chi connectivity index (χ0n) is 17.4. The summed E-state index contributed by atoms with van der Waals surface area (Å²) < 4.78 is 0. The van der Waals surface area contributed by atoms with Gasteiger partial charge in [0.2, 0.25) is 0 Å². The summed E-state index contributed by atoms with van der Waals surface area (Å²) in [6.07, 6.45) is 13.7. The lowest BCUT2D eigenvalue weighted by atomic mass is 9.78. The number of rotatable bonds is 7. The first-order chi connectivity index (χ1) is 12.4. The van der Waals surface area contributed by atoms with Gasteiger partial charge in [-0.3, -0.25) is 0 Å². The van der Waals surface area contributed by atoms with Crippen LogP contribution in [0.5, 0.6) is 5.75 Å². The van der Waals surface area contributed by atoms with Crippen LogP contribution in [-0.4, -0.2) is 13.2 Å². The van der Waals surface area contributed by atoms with Crippen molar-refractivity contribution >= 4 is 8.07 Å². The van der Waals surface area contributed by atoms with Crippen molar-refractivity contribution in [2.24, 2.45) is 11.8 Å². The van der Waals surface area contributed by atoms with Crippen LogP contribution in [0.1, 0.15) is 75.8 Å². The van der Waals surface area contributed by atoms with E-state index in [-0.39, 0.29) is 0 Å². The van der Waals surface area contributed by atoms with Crippen molar-refractivity contribution in [3.8, 4) is 17.2 Å². The number of benzene rings is 1. The van der Waals surface area contributed by atoms with Crippen LogP contribution in [-0.2, 0) is 6.42 Å². The highest BCUT2D eigenvalue weighted by Gasteiger charge is 2.20. The molecule has 1 aliphatic rings. The fourth-order valence-corrected chi connectivity index (χ4v) is 4.47. The first kappa shape index (κ1) is 21.1. The van der Waals surface area contributed by atoms with E-state index in [0.29, 0.717) is 5.75 Å². The molecule has 144 valence electrons. The first-order valence-corrected chi connectivity index (χ1v) is 14.2. The van der Waals surface area contributed by atoms with Crippen LogP contribution in [0.25, 0.3) is 0 Å². The predicted molar refractivity (Wildman–Crippen MR) is 116 cm³/mol. The van der Waals surface area contributed by atoms with Gasteiger partial charge < -0.3 is 5.11 Å². The number of hydrogen-bond acceptors (Lipinski definition) is 1. The summed E-state index contributed by atoms with van der Waals surface area (Å²) in [6.45, 7) is 9.00. The molecule has 0 atom stereocenters. The molecule has 1 fully saturated rings. The maximum Gasteiger partial charge on any atom is 0.131 e. The van der Waals surface area contributed by atoms with Gasteiger partial charge in [-0.15, -0.1) is 5.54 Å².